The molecule has 0 atom stereocenters. The van der Waals surface area contributed by atoms with Gasteiger partial charge in [-0.2, -0.15) is 0 Å². The van der Waals surface area contributed by atoms with Crippen molar-refractivity contribution in [2.75, 3.05) is 13.2 Å². The highest BCUT2D eigenvalue weighted by atomic mass is 32.1. The lowest BCUT2D eigenvalue weighted by Crippen LogP contribution is -2.49. The molecule has 0 spiro atoms. The van der Waals surface area contributed by atoms with Gasteiger partial charge >= 0.3 is 5.97 Å². The summed E-state index contributed by atoms with van der Waals surface area (Å²) in [5.74, 6) is -0.679. The van der Waals surface area contributed by atoms with Crippen LogP contribution in [0.15, 0.2) is 24.3 Å². The van der Waals surface area contributed by atoms with E-state index in [1.54, 1.807) is 31.2 Å². The van der Waals surface area contributed by atoms with Crippen LogP contribution < -0.4 is 20.9 Å². The summed E-state index contributed by atoms with van der Waals surface area (Å²) in [6, 6.07) is 6.22. The standard InChI is InChI=1S/C18H25N3O5S/c1-3-5-6-7-15(22)19-18(27)21-20-16(23)12-26-14-10-8-13(9-11-14)17(24)25-4-2/h8-11H,3-7,12H2,1-2H3,(H,20,23)(H2,19,21,22,27). The number of rotatable bonds is 9. The molecule has 0 aliphatic rings. The molecule has 0 aliphatic heterocycles. The molecule has 27 heavy (non-hydrogen) atoms. The van der Waals surface area contributed by atoms with Gasteiger partial charge in [0.2, 0.25) is 5.91 Å². The molecule has 0 aromatic heterocycles. The van der Waals surface area contributed by atoms with Gasteiger partial charge in [-0.3, -0.25) is 20.4 Å². The number of hydrazine groups is 1. The smallest absolute Gasteiger partial charge is 0.338 e. The Bertz CT molecular complexity index is 649. The van der Waals surface area contributed by atoms with E-state index in [4.69, 9.17) is 21.7 Å². The first kappa shape index (κ1) is 22.4. The first-order chi connectivity index (χ1) is 13.0. The lowest BCUT2D eigenvalue weighted by atomic mass is 10.2. The number of nitrogens with one attached hydrogen (secondary N) is 3. The van der Waals surface area contributed by atoms with Crippen LogP contribution in [0.2, 0.25) is 0 Å². The number of benzene rings is 1. The number of hydrogen-bond donors (Lipinski definition) is 3. The van der Waals surface area contributed by atoms with Crippen LogP contribution in [0.5, 0.6) is 5.75 Å². The van der Waals surface area contributed by atoms with E-state index in [1.807, 2.05) is 0 Å². The zero-order chi connectivity index (χ0) is 20.1. The Morgan fingerprint density at radius 3 is 2.33 bits per heavy atom. The van der Waals surface area contributed by atoms with Gasteiger partial charge in [-0.05, 0) is 49.8 Å². The third-order valence-electron chi connectivity index (χ3n) is 3.31. The third-order valence-corrected chi connectivity index (χ3v) is 3.52. The summed E-state index contributed by atoms with van der Waals surface area (Å²) < 4.78 is 10.2. The summed E-state index contributed by atoms with van der Waals surface area (Å²) >= 11 is 4.92. The van der Waals surface area contributed by atoms with Crippen LogP contribution in [-0.4, -0.2) is 36.1 Å². The minimum Gasteiger partial charge on any atom is -0.484 e. The monoisotopic (exact) mass is 395 g/mol. The molecule has 9 heteroatoms. The molecular weight excluding hydrogens is 370 g/mol. The van der Waals surface area contributed by atoms with E-state index in [0.29, 0.717) is 24.3 Å². The van der Waals surface area contributed by atoms with Crippen molar-refractivity contribution in [2.45, 2.75) is 39.5 Å². The Morgan fingerprint density at radius 2 is 1.70 bits per heavy atom. The van der Waals surface area contributed by atoms with E-state index in [9.17, 15) is 14.4 Å². The minimum absolute atomic E-state index is 0.0173. The number of ether oxygens (including phenoxy) is 2. The van der Waals surface area contributed by atoms with Crippen LogP contribution in [-0.2, 0) is 14.3 Å². The van der Waals surface area contributed by atoms with Gasteiger partial charge < -0.3 is 14.8 Å². The average Bonchev–Trinajstić information content (AvgIpc) is 2.65. The molecule has 2 amide bonds. The predicted octanol–water partition coefficient (Wildman–Crippen LogP) is 1.84. The maximum Gasteiger partial charge on any atom is 0.338 e. The molecule has 0 bridgehead atoms. The second-order valence-electron chi connectivity index (χ2n) is 5.54. The molecule has 0 heterocycles. The fraction of sp³-hybridized carbons (Fsp3) is 0.444. The minimum atomic E-state index is -0.480. The first-order valence-corrected chi connectivity index (χ1v) is 9.15. The molecule has 1 aromatic carbocycles. The van der Waals surface area contributed by atoms with E-state index in [2.05, 4.69) is 23.1 Å². The average molecular weight is 395 g/mol. The van der Waals surface area contributed by atoms with Gasteiger partial charge in [-0.15, -0.1) is 0 Å². The summed E-state index contributed by atoms with van der Waals surface area (Å²) in [6.07, 6.45) is 3.18. The van der Waals surface area contributed by atoms with E-state index >= 15 is 0 Å². The lowest BCUT2D eigenvalue weighted by Gasteiger charge is -2.11. The molecule has 0 aliphatic carbocycles. The molecular formula is C18H25N3O5S. The van der Waals surface area contributed by atoms with Crippen molar-refractivity contribution in [3.8, 4) is 5.75 Å². The maximum absolute atomic E-state index is 11.7. The van der Waals surface area contributed by atoms with Crippen LogP contribution in [0.25, 0.3) is 0 Å². The molecule has 8 nitrogen and oxygen atoms in total. The number of hydrogen-bond acceptors (Lipinski definition) is 6. The molecule has 0 saturated heterocycles. The molecule has 1 aromatic rings. The Morgan fingerprint density at radius 1 is 1.00 bits per heavy atom. The van der Waals surface area contributed by atoms with Crippen molar-refractivity contribution in [1.29, 1.82) is 0 Å². The highest BCUT2D eigenvalue weighted by molar-refractivity contribution is 7.80. The van der Waals surface area contributed by atoms with Crippen molar-refractivity contribution in [3.05, 3.63) is 29.8 Å². The Labute approximate surface area is 164 Å². The van der Waals surface area contributed by atoms with Crippen LogP contribution in [0.3, 0.4) is 0 Å². The van der Waals surface area contributed by atoms with E-state index in [-0.39, 0.29) is 17.6 Å². The second kappa shape index (κ2) is 12.6. The fourth-order valence-electron chi connectivity index (χ4n) is 1.97. The van der Waals surface area contributed by atoms with Crippen molar-refractivity contribution >= 4 is 35.1 Å². The molecule has 1 rings (SSSR count). The van der Waals surface area contributed by atoms with E-state index in [0.717, 1.165) is 19.3 Å². The van der Waals surface area contributed by atoms with Crippen LogP contribution >= 0.6 is 12.2 Å². The van der Waals surface area contributed by atoms with Crippen molar-refractivity contribution in [1.82, 2.24) is 16.2 Å². The highest BCUT2D eigenvalue weighted by Crippen LogP contribution is 2.12. The van der Waals surface area contributed by atoms with Gasteiger partial charge in [0.25, 0.3) is 5.91 Å². The van der Waals surface area contributed by atoms with Crippen LogP contribution in [0, 0.1) is 0 Å². The zero-order valence-corrected chi connectivity index (χ0v) is 16.3. The fourth-order valence-corrected chi connectivity index (χ4v) is 2.13. The summed E-state index contributed by atoms with van der Waals surface area (Å²) in [4.78, 5) is 34.9. The predicted molar refractivity (Wildman–Crippen MR) is 104 cm³/mol. The number of carbonyl (C=O) groups excluding carboxylic acids is 3. The van der Waals surface area contributed by atoms with E-state index in [1.165, 1.54) is 0 Å². The number of esters is 1. The topological polar surface area (TPSA) is 106 Å². The summed E-state index contributed by atoms with van der Waals surface area (Å²) in [7, 11) is 0. The Hall–Kier alpha value is -2.68. The molecule has 0 saturated carbocycles. The molecule has 0 radical (unpaired) electrons. The summed E-state index contributed by atoms with van der Waals surface area (Å²) in [6.45, 7) is 3.81. The van der Waals surface area contributed by atoms with Gasteiger partial charge in [-0.1, -0.05) is 19.8 Å². The van der Waals surface area contributed by atoms with Crippen molar-refractivity contribution in [3.63, 3.8) is 0 Å². The summed E-state index contributed by atoms with van der Waals surface area (Å²) in [5, 5.41) is 2.49. The maximum atomic E-state index is 11.7. The Kier molecular flexibility index (Phi) is 10.5. The number of carbonyl (C=O) groups is 3. The van der Waals surface area contributed by atoms with E-state index < -0.39 is 11.9 Å². The number of thiocarbonyl (C=S) groups is 1. The largest absolute Gasteiger partial charge is 0.484 e. The van der Waals surface area contributed by atoms with Crippen LogP contribution in [0.1, 0.15) is 49.9 Å². The molecule has 0 fully saturated rings. The SMILES string of the molecule is CCCCCC(=O)NC(=S)NNC(=O)COc1ccc(C(=O)OCC)cc1. The molecule has 148 valence electrons. The Balaban J connectivity index is 2.27. The summed E-state index contributed by atoms with van der Waals surface area (Å²) in [5.41, 5.74) is 5.16. The number of unbranched alkanes of at least 4 members (excludes halogenated alkanes) is 2. The van der Waals surface area contributed by atoms with Crippen LogP contribution in [0.4, 0.5) is 0 Å². The molecule has 0 unspecified atom stereocenters. The highest BCUT2D eigenvalue weighted by Gasteiger charge is 2.08. The third kappa shape index (κ3) is 9.55. The normalized spacial score (nSPS) is 9.85. The van der Waals surface area contributed by atoms with Gasteiger partial charge in [0, 0.05) is 6.42 Å². The zero-order valence-electron chi connectivity index (χ0n) is 15.5. The van der Waals surface area contributed by atoms with Gasteiger partial charge in [0.15, 0.2) is 11.7 Å². The van der Waals surface area contributed by atoms with Gasteiger partial charge in [0.05, 0.1) is 12.2 Å². The number of amides is 2. The quantitative estimate of drug-likeness (QED) is 0.254. The molecule has 3 N–H and O–H groups in total. The van der Waals surface area contributed by atoms with Gasteiger partial charge in [-0.25, -0.2) is 4.79 Å². The van der Waals surface area contributed by atoms with Crippen molar-refractivity contribution < 1.29 is 23.9 Å². The lowest BCUT2D eigenvalue weighted by molar-refractivity contribution is -0.124. The first-order valence-electron chi connectivity index (χ1n) is 8.74. The van der Waals surface area contributed by atoms with Crippen molar-refractivity contribution in [2.24, 2.45) is 0 Å². The second-order valence-corrected chi connectivity index (χ2v) is 5.95. The van der Waals surface area contributed by atoms with Gasteiger partial charge in [0.1, 0.15) is 5.75 Å².